The van der Waals surface area contributed by atoms with E-state index in [0.29, 0.717) is 12.8 Å². The molecule has 11 heteroatoms. The van der Waals surface area contributed by atoms with Crippen LogP contribution in [-0.2, 0) is 9.59 Å². The van der Waals surface area contributed by atoms with Crippen molar-refractivity contribution in [3.05, 3.63) is 75.8 Å². The molecule has 1 saturated carbocycles. The van der Waals surface area contributed by atoms with Crippen LogP contribution in [-0.4, -0.2) is 54.6 Å². The second-order valence-electron chi connectivity index (χ2n) is 8.13. The monoisotopic (exact) mass is 591 g/mol. The van der Waals surface area contributed by atoms with Crippen molar-refractivity contribution in [3.63, 3.8) is 0 Å². The molecule has 0 N–H and O–H groups in total. The van der Waals surface area contributed by atoms with E-state index in [9.17, 15) is 29.3 Å². The van der Waals surface area contributed by atoms with Gasteiger partial charge in [-0.15, -0.1) is 0 Å². The van der Waals surface area contributed by atoms with Crippen LogP contribution in [0, 0.1) is 22.0 Å². The summed E-state index contributed by atoms with van der Waals surface area (Å²) < 4.78 is 0. The number of alkyl halides is 2. The fraction of sp³-hybridized carbons (Fsp3) is 0.304. The second kappa shape index (κ2) is 9.75. The number of hydrogen-bond donors (Lipinski definition) is 0. The van der Waals surface area contributed by atoms with E-state index in [-0.39, 0.29) is 20.8 Å². The van der Waals surface area contributed by atoms with Gasteiger partial charge in [0.05, 0.1) is 16.8 Å². The number of imide groups is 1. The van der Waals surface area contributed by atoms with Gasteiger partial charge in [0, 0.05) is 21.3 Å². The molecule has 4 atom stereocenters. The van der Waals surface area contributed by atoms with Gasteiger partial charge < -0.3 is 0 Å². The summed E-state index contributed by atoms with van der Waals surface area (Å²) in [6.45, 7) is -0.624. The Balaban J connectivity index is 1.75. The molecule has 0 radical (unpaired) electrons. The molecule has 2 aliphatic rings. The van der Waals surface area contributed by atoms with Gasteiger partial charge in [-0.2, -0.15) is 5.01 Å². The number of hydrogen-bond acceptors (Lipinski definition) is 6. The lowest BCUT2D eigenvalue weighted by molar-refractivity contribution is -0.385. The molecule has 1 saturated heterocycles. The number of carbonyl (C=O) groups excluding carboxylic acids is 4. The number of amides is 3. The number of fused-ring (bicyclic) bond motifs is 1. The maximum atomic E-state index is 13.6. The number of para-hydroxylation sites is 1. The molecule has 9 nitrogen and oxygen atoms in total. The summed E-state index contributed by atoms with van der Waals surface area (Å²) >= 11 is 7.04. The number of Topliss-reactive ketones (excluding diaryl/α,β-unsaturated/α-hetero) is 1. The number of nitrogens with zero attached hydrogens (tertiary/aromatic N) is 3. The highest BCUT2D eigenvalue weighted by Crippen LogP contribution is 2.43. The van der Waals surface area contributed by atoms with Crippen molar-refractivity contribution in [1.29, 1.82) is 0 Å². The van der Waals surface area contributed by atoms with Crippen LogP contribution in [0.5, 0.6) is 0 Å². The number of carbonyl (C=O) groups is 4. The zero-order valence-corrected chi connectivity index (χ0v) is 20.8. The molecule has 1 aliphatic carbocycles. The van der Waals surface area contributed by atoms with E-state index in [0.717, 1.165) is 16.1 Å². The zero-order chi connectivity index (χ0) is 24.6. The van der Waals surface area contributed by atoms with Crippen molar-refractivity contribution >= 4 is 61.1 Å². The van der Waals surface area contributed by atoms with Crippen LogP contribution < -0.4 is 0 Å². The summed E-state index contributed by atoms with van der Waals surface area (Å²) in [7, 11) is 0. The molecule has 0 spiro atoms. The first-order valence-electron chi connectivity index (χ1n) is 10.5. The van der Waals surface area contributed by atoms with Gasteiger partial charge in [-0.3, -0.25) is 29.3 Å². The standard InChI is InChI=1S/C23H19Br2N3O6/c24-17-10-15-16(11-18(17)25)23(32)27(22(15)31)26(12-20(29)13-6-2-1-3-7-13)21(30)14-8-4-5-9-19(14)28(33)34/h1-9,15-18H,10-12H2/t15-,16-,17-,18+/m1/s1. The Morgan fingerprint density at radius 1 is 0.941 bits per heavy atom. The molecule has 2 fully saturated rings. The van der Waals surface area contributed by atoms with Crippen LogP contribution in [0.15, 0.2) is 54.6 Å². The fourth-order valence-corrected chi connectivity index (χ4v) is 5.59. The molecular weight excluding hydrogens is 574 g/mol. The summed E-state index contributed by atoms with van der Waals surface area (Å²) in [4.78, 5) is 64.0. The quantitative estimate of drug-likeness (QED) is 0.166. The molecule has 0 aromatic heterocycles. The first-order chi connectivity index (χ1) is 16.2. The van der Waals surface area contributed by atoms with Gasteiger partial charge in [-0.25, -0.2) is 5.01 Å². The SMILES string of the molecule is O=C(CN(C(=O)c1ccccc1[N+](=O)[O-])N1C(=O)[C@@H]2C[C@@H](Br)[C@@H](Br)C[C@H]2C1=O)c1ccccc1. The average molecular weight is 593 g/mol. The van der Waals surface area contributed by atoms with Gasteiger partial charge in [-0.1, -0.05) is 74.3 Å². The highest BCUT2D eigenvalue weighted by molar-refractivity contribution is 9.12. The number of halogens is 2. The Kier molecular flexibility index (Phi) is 6.94. The number of hydrazine groups is 1. The molecule has 1 aliphatic heterocycles. The number of rotatable bonds is 6. The Labute approximate surface area is 211 Å². The van der Waals surface area contributed by atoms with Crippen LogP contribution in [0.2, 0.25) is 0 Å². The molecule has 34 heavy (non-hydrogen) atoms. The maximum Gasteiger partial charge on any atom is 0.282 e. The summed E-state index contributed by atoms with van der Waals surface area (Å²) in [6.07, 6.45) is 0.754. The fourth-order valence-electron chi connectivity index (χ4n) is 4.35. The molecular formula is C23H19Br2N3O6. The third-order valence-corrected chi connectivity index (χ3v) is 8.82. The minimum Gasteiger partial charge on any atom is -0.292 e. The number of benzene rings is 2. The lowest BCUT2D eigenvalue weighted by Crippen LogP contribution is -2.52. The van der Waals surface area contributed by atoms with Crippen LogP contribution >= 0.6 is 31.9 Å². The van der Waals surface area contributed by atoms with Crippen LogP contribution in [0.3, 0.4) is 0 Å². The molecule has 4 rings (SSSR count). The predicted octanol–water partition coefficient (Wildman–Crippen LogP) is 3.76. The molecule has 2 aromatic rings. The van der Waals surface area contributed by atoms with Gasteiger partial charge in [0.1, 0.15) is 12.1 Å². The largest absolute Gasteiger partial charge is 0.292 e. The summed E-state index contributed by atoms with van der Waals surface area (Å²) in [6, 6.07) is 13.4. The van der Waals surface area contributed by atoms with Crippen molar-refractivity contribution < 1.29 is 24.1 Å². The molecule has 1 heterocycles. The highest BCUT2D eigenvalue weighted by atomic mass is 79.9. The first-order valence-corrected chi connectivity index (χ1v) is 12.3. The van der Waals surface area contributed by atoms with Gasteiger partial charge in [-0.05, 0) is 18.9 Å². The van der Waals surface area contributed by atoms with Gasteiger partial charge in [0.15, 0.2) is 5.78 Å². The Bertz CT molecular complexity index is 1150. The van der Waals surface area contributed by atoms with Gasteiger partial charge >= 0.3 is 0 Å². The molecule has 0 unspecified atom stereocenters. The first kappa shape index (κ1) is 24.2. The van der Waals surface area contributed by atoms with E-state index in [1.807, 2.05) is 0 Å². The highest BCUT2D eigenvalue weighted by Gasteiger charge is 2.55. The molecule has 3 amide bonds. The predicted molar refractivity (Wildman–Crippen MR) is 128 cm³/mol. The lowest BCUT2D eigenvalue weighted by atomic mass is 9.81. The topological polar surface area (TPSA) is 118 Å². The van der Waals surface area contributed by atoms with E-state index in [1.165, 1.54) is 18.2 Å². The second-order valence-corrected chi connectivity index (χ2v) is 10.5. The summed E-state index contributed by atoms with van der Waals surface area (Å²) in [5, 5.41) is 13.0. The smallest absolute Gasteiger partial charge is 0.282 e. The van der Waals surface area contributed by atoms with Crippen LogP contribution in [0.1, 0.15) is 33.6 Å². The Morgan fingerprint density at radius 3 is 2.03 bits per heavy atom. The van der Waals surface area contributed by atoms with Crippen molar-refractivity contribution in [2.75, 3.05) is 6.54 Å². The number of nitro groups is 1. The summed E-state index contributed by atoms with van der Waals surface area (Å²) in [5.74, 6) is -3.97. The Morgan fingerprint density at radius 2 is 1.47 bits per heavy atom. The third-order valence-electron chi connectivity index (χ3n) is 6.08. The average Bonchev–Trinajstić information content (AvgIpc) is 3.06. The minimum absolute atomic E-state index is 0.0456. The van der Waals surface area contributed by atoms with Crippen molar-refractivity contribution in [3.8, 4) is 0 Å². The normalized spacial score (nSPS) is 24.0. The van der Waals surface area contributed by atoms with E-state index in [2.05, 4.69) is 31.9 Å². The van der Waals surface area contributed by atoms with Crippen molar-refractivity contribution in [2.24, 2.45) is 11.8 Å². The van der Waals surface area contributed by atoms with Crippen LogP contribution in [0.4, 0.5) is 5.69 Å². The lowest BCUT2D eigenvalue weighted by Gasteiger charge is -2.30. The zero-order valence-electron chi connectivity index (χ0n) is 17.7. The third kappa shape index (κ3) is 4.41. The van der Waals surface area contributed by atoms with E-state index < -0.39 is 52.5 Å². The minimum atomic E-state index is -0.970. The maximum absolute atomic E-state index is 13.6. The van der Waals surface area contributed by atoms with Gasteiger partial charge in [0.2, 0.25) is 0 Å². The molecule has 0 bridgehead atoms. The molecule has 176 valence electrons. The number of nitro benzene ring substituents is 1. The van der Waals surface area contributed by atoms with Crippen molar-refractivity contribution in [2.45, 2.75) is 22.5 Å². The van der Waals surface area contributed by atoms with E-state index >= 15 is 0 Å². The van der Waals surface area contributed by atoms with Crippen molar-refractivity contribution in [1.82, 2.24) is 10.0 Å². The molecule has 2 aromatic carbocycles. The number of ketones is 1. The van der Waals surface area contributed by atoms with Crippen LogP contribution in [0.25, 0.3) is 0 Å². The van der Waals surface area contributed by atoms with E-state index in [1.54, 1.807) is 30.3 Å². The Hall–Kier alpha value is -2.92. The van der Waals surface area contributed by atoms with Gasteiger partial charge in [0.25, 0.3) is 23.4 Å². The van der Waals surface area contributed by atoms with E-state index in [4.69, 9.17) is 0 Å². The summed E-state index contributed by atoms with van der Waals surface area (Å²) in [5.41, 5.74) is -0.525.